The first-order chi connectivity index (χ1) is 20.7. The molecule has 1 N–H and O–H groups in total. The number of piperazine rings is 1. The summed E-state index contributed by atoms with van der Waals surface area (Å²) in [5.74, 6) is -0.771. The van der Waals surface area contributed by atoms with Crippen molar-refractivity contribution in [2.24, 2.45) is 5.41 Å². The average molecular weight is 614 g/mol. The standard InChI is InChI=1S/C31H43N5O6S/c1-6-31(2,3)27(29(39)36-17-24(41-5)26-25(36)23(37)18-42-26)33-28(38)21-9-7-20(8-10-21)22-19-43-30(32-22)35-13-11-34(12-14-35)15-16-40-4/h7-10,19,24-27H,6,11-18H2,1-5H3,(H,33,38)/t24-,25-,26-,27?/m1/s1. The molecule has 12 heteroatoms. The summed E-state index contributed by atoms with van der Waals surface area (Å²) in [7, 11) is 3.28. The molecule has 3 aliphatic heterocycles. The van der Waals surface area contributed by atoms with Gasteiger partial charge in [-0.25, -0.2) is 4.98 Å². The number of carbonyl (C=O) groups excluding carboxylic acids is 3. The maximum absolute atomic E-state index is 13.9. The molecule has 4 atom stereocenters. The van der Waals surface area contributed by atoms with Crippen LogP contribution in [0.3, 0.4) is 0 Å². The van der Waals surface area contributed by atoms with E-state index in [2.05, 4.69) is 15.1 Å². The Labute approximate surface area is 257 Å². The van der Waals surface area contributed by atoms with Crippen molar-refractivity contribution >= 4 is 34.1 Å². The molecule has 1 aromatic heterocycles. The third-order valence-corrected chi connectivity index (χ3v) is 10.0. The molecule has 2 aromatic rings. The van der Waals surface area contributed by atoms with E-state index < -0.39 is 23.6 Å². The summed E-state index contributed by atoms with van der Waals surface area (Å²) in [5.41, 5.74) is 1.69. The fourth-order valence-electron chi connectivity index (χ4n) is 5.94. The Morgan fingerprint density at radius 1 is 1.16 bits per heavy atom. The minimum atomic E-state index is -0.828. The molecular formula is C31H43N5O6S. The number of aromatic nitrogens is 1. The molecule has 3 aliphatic rings. The second kappa shape index (κ2) is 13.4. The molecule has 0 spiro atoms. The van der Waals surface area contributed by atoms with Crippen LogP contribution >= 0.6 is 11.3 Å². The number of fused-ring (bicyclic) bond motifs is 1. The fourth-order valence-corrected chi connectivity index (χ4v) is 6.83. The Morgan fingerprint density at radius 2 is 1.88 bits per heavy atom. The Morgan fingerprint density at radius 3 is 2.53 bits per heavy atom. The largest absolute Gasteiger partial charge is 0.383 e. The predicted octanol–water partition coefficient (Wildman–Crippen LogP) is 2.31. The van der Waals surface area contributed by atoms with E-state index in [9.17, 15) is 14.4 Å². The summed E-state index contributed by atoms with van der Waals surface area (Å²) in [6.45, 7) is 11.6. The van der Waals surface area contributed by atoms with Crippen molar-refractivity contribution in [1.29, 1.82) is 0 Å². The molecule has 0 aliphatic carbocycles. The number of hydrogen-bond acceptors (Lipinski definition) is 10. The van der Waals surface area contributed by atoms with E-state index in [1.165, 1.54) is 0 Å². The van der Waals surface area contributed by atoms with E-state index in [1.54, 1.807) is 42.6 Å². The number of amides is 2. The monoisotopic (exact) mass is 613 g/mol. The lowest BCUT2D eigenvalue weighted by Crippen LogP contribution is -2.57. The molecule has 1 unspecified atom stereocenters. The van der Waals surface area contributed by atoms with Gasteiger partial charge in [0.2, 0.25) is 5.91 Å². The number of nitrogens with one attached hydrogen (secondary N) is 1. The fraction of sp³-hybridized carbons (Fsp3) is 0.613. The zero-order chi connectivity index (χ0) is 30.7. The highest BCUT2D eigenvalue weighted by atomic mass is 32.1. The van der Waals surface area contributed by atoms with Crippen LogP contribution in [0.1, 0.15) is 37.6 Å². The van der Waals surface area contributed by atoms with Crippen LogP contribution in [0.4, 0.5) is 5.13 Å². The van der Waals surface area contributed by atoms with E-state index in [-0.39, 0.29) is 36.9 Å². The van der Waals surface area contributed by atoms with Gasteiger partial charge in [-0.15, -0.1) is 11.3 Å². The van der Waals surface area contributed by atoms with Gasteiger partial charge in [-0.3, -0.25) is 19.3 Å². The SMILES string of the molecule is CCC(C)(C)C(NC(=O)c1ccc(-c2csc(N3CCN(CCOC)CC3)n2)cc1)C(=O)N1C[C@@H](OC)[C@H]2OCC(=O)[C@H]21. The molecule has 3 saturated heterocycles. The molecule has 0 radical (unpaired) electrons. The van der Waals surface area contributed by atoms with E-state index in [0.717, 1.165) is 55.7 Å². The number of hydrogen-bond donors (Lipinski definition) is 1. The third kappa shape index (κ3) is 6.63. The van der Waals surface area contributed by atoms with Gasteiger partial charge in [0.25, 0.3) is 5.91 Å². The summed E-state index contributed by atoms with van der Waals surface area (Å²) >= 11 is 1.63. The first-order valence-corrected chi connectivity index (χ1v) is 15.9. The van der Waals surface area contributed by atoms with Crippen molar-refractivity contribution in [1.82, 2.24) is 20.1 Å². The van der Waals surface area contributed by atoms with Crippen molar-refractivity contribution in [3.63, 3.8) is 0 Å². The van der Waals surface area contributed by atoms with E-state index in [4.69, 9.17) is 19.2 Å². The van der Waals surface area contributed by atoms with Crippen LogP contribution in [0.15, 0.2) is 29.6 Å². The molecule has 11 nitrogen and oxygen atoms in total. The first kappa shape index (κ1) is 31.5. The van der Waals surface area contributed by atoms with E-state index in [1.807, 2.05) is 38.3 Å². The number of anilines is 1. The van der Waals surface area contributed by atoms with Gasteiger partial charge in [-0.1, -0.05) is 32.9 Å². The minimum absolute atomic E-state index is 0.0362. The van der Waals surface area contributed by atoms with Crippen molar-refractivity contribution in [2.75, 3.05) is 71.6 Å². The summed E-state index contributed by atoms with van der Waals surface area (Å²) in [6.07, 6.45) is -0.213. The number of ketones is 1. The molecule has 4 heterocycles. The smallest absolute Gasteiger partial charge is 0.251 e. The van der Waals surface area contributed by atoms with Crippen molar-refractivity contribution in [2.45, 2.75) is 51.5 Å². The molecule has 2 amide bonds. The quantitative estimate of drug-likeness (QED) is 0.408. The Kier molecular flexibility index (Phi) is 9.82. The van der Waals surface area contributed by atoms with Crippen LogP contribution in [-0.2, 0) is 23.8 Å². The number of carbonyl (C=O) groups is 3. The second-order valence-electron chi connectivity index (χ2n) is 12.1. The zero-order valence-corrected chi connectivity index (χ0v) is 26.5. The lowest BCUT2D eigenvalue weighted by Gasteiger charge is -2.36. The predicted molar refractivity (Wildman–Crippen MR) is 164 cm³/mol. The number of likely N-dealkylation sites (tertiary alicyclic amines) is 1. The topological polar surface area (TPSA) is 114 Å². The van der Waals surface area contributed by atoms with Gasteiger partial charge in [0.1, 0.15) is 30.9 Å². The second-order valence-corrected chi connectivity index (χ2v) is 13.0. The lowest BCUT2D eigenvalue weighted by atomic mass is 9.80. The Bertz CT molecular complexity index is 1290. The van der Waals surface area contributed by atoms with Gasteiger partial charge in [-0.05, 0) is 24.0 Å². The van der Waals surface area contributed by atoms with E-state index >= 15 is 0 Å². The van der Waals surface area contributed by atoms with E-state index in [0.29, 0.717) is 12.0 Å². The number of benzene rings is 1. The molecule has 0 saturated carbocycles. The van der Waals surface area contributed by atoms with Crippen molar-refractivity contribution < 1.29 is 28.6 Å². The summed E-state index contributed by atoms with van der Waals surface area (Å²) in [5, 5.41) is 6.04. The number of nitrogens with zero attached hydrogens (tertiary/aromatic N) is 4. The van der Waals surface area contributed by atoms with Crippen molar-refractivity contribution in [3.8, 4) is 11.3 Å². The highest BCUT2D eigenvalue weighted by Gasteiger charge is 2.54. The number of thiazole rings is 1. The van der Waals surface area contributed by atoms with Crippen LogP contribution in [0.2, 0.25) is 0 Å². The Hall–Kier alpha value is -2.90. The molecule has 1 aromatic carbocycles. The van der Waals surface area contributed by atoms with Gasteiger partial charge in [-0.2, -0.15) is 0 Å². The summed E-state index contributed by atoms with van der Waals surface area (Å²) in [6, 6.07) is 5.79. The van der Waals surface area contributed by atoms with Crippen LogP contribution < -0.4 is 10.2 Å². The van der Waals surface area contributed by atoms with Crippen LogP contribution in [-0.4, -0.2) is 123 Å². The molecule has 3 fully saturated rings. The average Bonchev–Trinajstić information content (AvgIpc) is 3.76. The van der Waals surface area contributed by atoms with Gasteiger partial charge in [0.15, 0.2) is 10.9 Å². The molecule has 0 bridgehead atoms. The van der Waals surface area contributed by atoms with Gasteiger partial charge >= 0.3 is 0 Å². The molecule has 234 valence electrons. The van der Waals surface area contributed by atoms with Gasteiger partial charge in [0, 0.05) is 63.5 Å². The number of rotatable bonds is 11. The maximum atomic E-state index is 13.9. The first-order valence-electron chi connectivity index (χ1n) is 15.0. The minimum Gasteiger partial charge on any atom is -0.383 e. The molecular weight excluding hydrogens is 570 g/mol. The maximum Gasteiger partial charge on any atom is 0.251 e. The summed E-state index contributed by atoms with van der Waals surface area (Å²) in [4.78, 5) is 51.2. The lowest BCUT2D eigenvalue weighted by molar-refractivity contribution is -0.140. The highest BCUT2D eigenvalue weighted by Crippen LogP contribution is 2.34. The van der Waals surface area contributed by atoms with Crippen LogP contribution in [0.5, 0.6) is 0 Å². The number of methoxy groups -OCH3 is 2. The third-order valence-electron chi connectivity index (χ3n) is 9.13. The number of Topliss-reactive ketones (excluding diaryl/α,β-unsaturated/α-hetero) is 1. The van der Waals surface area contributed by atoms with Crippen LogP contribution in [0.25, 0.3) is 11.3 Å². The van der Waals surface area contributed by atoms with Gasteiger partial charge < -0.3 is 29.3 Å². The highest BCUT2D eigenvalue weighted by molar-refractivity contribution is 7.14. The van der Waals surface area contributed by atoms with Gasteiger partial charge in [0.05, 0.1) is 18.8 Å². The molecule has 43 heavy (non-hydrogen) atoms. The Balaban J connectivity index is 1.25. The summed E-state index contributed by atoms with van der Waals surface area (Å²) < 4.78 is 16.4. The molecule has 5 rings (SSSR count). The zero-order valence-electron chi connectivity index (χ0n) is 25.7. The normalized spacial score (nSPS) is 23.5. The van der Waals surface area contributed by atoms with Crippen molar-refractivity contribution in [3.05, 3.63) is 35.2 Å². The van der Waals surface area contributed by atoms with Crippen LogP contribution in [0, 0.1) is 5.41 Å². The number of ether oxygens (including phenoxy) is 3.